The Kier molecular flexibility index (Phi) is 5.35. The molecule has 0 saturated heterocycles. The van der Waals surface area contributed by atoms with E-state index in [1.54, 1.807) is 4.90 Å². The van der Waals surface area contributed by atoms with E-state index in [2.05, 4.69) is 15.3 Å². The van der Waals surface area contributed by atoms with E-state index in [9.17, 15) is 9.59 Å². The zero-order chi connectivity index (χ0) is 20.2. The second-order valence-corrected chi connectivity index (χ2v) is 6.66. The molecule has 2 heterocycles. The number of hydrogen-bond donors (Lipinski definition) is 0. The average molecular weight is 409 g/mol. The van der Waals surface area contributed by atoms with Crippen LogP contribution in [0.1, 0.15) is 16.1 Å². The third kappa shape index (κ3) is 3.74. The molecule has 4 rings (SSSR count). The fourth-order valence-corrected chi connectivity index (χ4v) is 3.15. The molecule has 8 nitrogen and oxygen atoms in total. The van der Waals surface area contributed by atoms with Crippen LogP contribution in [0.2, 0.25) is 0 Å². The largest absolute Gasteiger partial charge is 0.353 e. The SMILES string of the molecule is O=C(c1ncn2c(=O)n(CCCl)nnc12)N(Cc1ccccc1)c1ccccc1. The summed E-state index contributed by atoms with van der Waals surface area (Å²) >= 11 is 5.69. The minimum absolute atomic E-state index is 0.0624. The molecule has 0 saturated carbocycles. The first-order chi connectivity index (χ1) is 14.2. The van der Waals surface area contributed by atoms with Gasteiger partial charge in [0.05, 0.1) is 13.1 Å². The van der Waals surface area contributed by atoms with Crippen molar-refractivity contribution in [3.8, 4) is 0 Å². The number of carbonyl (C=O) groups is 1. The summed E-state index contributed by atoms with van der Waals surface area (Å²) in [4.78, 5) is 31.7. The maximum absolute atomic E-state index is 13.4. The number of imidazole rings is 1. The zero-order valence-electron chi connectivity index (χ0n) is 15.3. The van der Waals surface area contributed by atoms with E-state index < -0.39 is 5.69 Å². The van der Waals surface area contributed by atoms with Crippen LogP contribution in [0.15, 0.2) is 71.8 Å². The van der Waals surface area contributed by atoms with Gasteiger partial charge in [-0.25, -0.2) is 14.2 Å². The minimum atomic E-state index is -0.448. The van der Waals surface area contributed by atoms with Crippen molar-refractivity contribution in [1.29, 1.82) is 0 Å². The van der Waals surface area contributed by atoms with Crippen molar-refractivity contribution in [3.63, 3.8) is 0 Å². The first kappa shape index (κ1) is 18.8. The molecule has 0 unspecified atom stereocenters. The molecular formula is C20H17ClN6O2. The lowest BCUT2D eigenvalue weighted by molar-refractivity contribution is 0.0982. The third-order valence-electron chi connectivity index (χ3n) is 4.41. The Hall–Kier alpha value is -3.52. The van der Waals surface area contributed by atoms with Crippen LogP contribution < -0.4 is 10.6 Å². The Labute approximate surface area is 171 Å². The fraction of sp³-hybridized carbons (Fsp3) is 0.150. The van der Waals surface area contributed by atoms with Gasteiger partial charge in [-0.15, -0.1) is 16.7 Å². The number of carbonyl (C=O) groups excluding carboxylic acids is 1. The van der Waals surface area contributed by atoms with Gasteiger partial charge in [0.25, 0.3) is 5.91 Å². The molecule has 146 valence electrons. The predicted molar refractivity (Wildman–Crippen MR) is 109 cm³/mol. The number of anilines is 1. The van der Waals surface area contributed by atoms with Gasteiger partial charge >= 0.3 is 5.69 Å². The minimum Gasteiger partial charge on any atom is -0.302 e. The molecule has 1 amide bonds. The molecule has 0 aliphatic heterocycles. The van der Waals surface area contributed by atoms with Crippen LogP contribution in [0.5, 0.6) is 0 Å². The summed E-state index contributed by atoms with van der Waals surface area (Å²) in [5.74, 6) is -0.147. The summed E-state index contributed by atoms with van der Waals surface area (Å²) < 4.78 is 2.34. The van der Waals surface area contributed by atoms with Crippen LogP contribution in [0.3, 0.4) is 0 Å². The fourth-order valence-electron chi connectivity index (χ4n) is 2.99. The maximum Gasteiger partial charge on any atom is 0.353 e. The number of halogens is 1. The lowest BCUT2D eigenvalue weighted by Crippen LogP contribution is -2.33. The summed E-state index contributed by atoms with van der Waals surface area (Å²) in [7, 11) is 0. The highest BCUT2D eigenvalue weighted by Crippen LogP contribution is 2.20. The molecule has 0 atom stereocenters. The van der Waals surface area contributed by atoms with Gasteiger partial charge in [-0.05, 0) is 17.7 Å². The van der Waals surface area contributed by atoms with Crippen molar-refractivity contribution in [3.05, 3.63) is 88.7 Å². The van der Waals surface area contributed by atoms with Gasteiger partial charge in [0.1, 0.15) is 6.33 Å². The second-order valence-electron chi connectivity index (χ2n) is 6.28. The predicted octanol–water partition coefficient (Wildman–Crippen LogP) is 2.37. The van der Waals surface area contributed by atoms with E-state index >= 15 is 0 Å². The van der Waals surface area contributed by atoms with Gasteiger partial charge < -0.3 is 4.90 Å². The Morgan fingerprint density at radius 2 is 1.72 bits per heavy atom. The van der Waals surface area contributed by atoms with Gasteiger partial charge in [0.15, 0.2) is 11.3 Å². The van der Waals surface area contributed by atoms with E-state index in [1.165, 1.54) is 10.7 Å². The number of alkyl halides is 1. The van der Waals surface area contributed by atoms with Crippen molar-refractivity contribution in [2.75, 3.05) is 10.8 Å². The molecule has 29 heavy (non-hydrogen) atoms. The van der Waals surface area contributed by atoms with E-state index in [0.717, 1.165) is 10.2 Å². The number of hydrogen-bond acceptors (Lipinski definition) is 5. The van der Waals surface area contributed by atoms with Gasteiger partial charge in [-0.2, -0.15) is 4.68 Å². The molecule has 0 bridgehead atoms. The van der Waals surface area contributed by atoms with Crippen molar-refractivity contribution < 1.29 is 4.79 Å². The van der Waals surface area contributed by atoms with E-state index in [4.69, 9.17) is 11.6 Å². The van der Waals surface area contributed by atoms with Crippen molar-refractivity contribution >= 4 is 28.8 Å². The van der Waals surface area contributed by atoms with Crippen LogP contribution >= 0.6 is 11.6 Å². The molecule has 0 radical (unpaired) electrons. The van der Waals surface area contributed by atoms with Crippen LogP contribution in [0.25, 0.3) is 5.65 Å². The quantitative estimate of drug-likeness (QED) is 0.457. The lowest BCUT2D eigenvalue weighted by atomic mass is 10.2. The van der Waals surface area contributed by atoms with Crippen LogP contribution in [-0.2, 0) is 13.1 Å². The van der Waals surface area contributed by atoms with Crippen LogP contribution in [-0.4, -0.2) is 36.2 Å². The first-order valence-corrected chi connectivity index (χ1v) is 9.50. The van der Waals surface area contributed by atoms with Gasteiger partial charge in [-0.3, -0.25) is 4.79 Å². The molecule has 0 N–H and O–H groups in total. The molecule has 9 heteroatoms. The highest BCUT2D eigenvalue weighted by molar-refractivity contribution is 6.17. The maximum atomic E-state index is 13.4. The average Bonchev–Trinajstić information content (AvgIpc) is 3.20. The summed E-state index contributed by atoms with van der Waals surface area (Å²) in [6.07, 6.45) is 1.29. The summed E-state index contributed by atoms with van der Waals surface area (Å²) in [5.41, 5.74) is 1.40. The van der Waals surface area contributed by atoms with Crippen LogP contribution in [0.4, 0.5) is 5.69 Å². The number of fused-ring (bicyclic) bond motifs is 1. The number of nitrogens with zero attached hydrogens (tertiary/aromatic N) is 6. The lowest BCUT2D eigenvalue weighted by Gasteiger charge is -2.22. The molecule has 0 aliphatic rings. The highest BCUT2D eigenvalue weighted by Gasteiger charge is 2.24. The second kappa shape index (κ2) is 8.24. The van der Waals surface area contributed by atoms with Crippen molar-refractivity contribution in [2.24, 2.45) is 0 Å². The van der Waals surface area contributed by atoms with E-state index in [-0.39, 0.29) is 29.7 Å². The zero-order valence-corrected chi connectivity index (χ0v) is 16.1. The Morgan fingerprint density at radius 3 is 2.41 bits per heavy atom. The molecule has 0 spiro atoms. The number of aryl methyl sites for hydroxylation is 1. The van der Waals surface area contributed by atoms with Crippen molar-refractivity contribution in [1.82, 2.24) is 24.4 Å². The number of amides is 1. The summed E-state index contributed by atoms with van der Waals surface area (Å²) in [6.45, 7) is 0.564. The first-order valence-electron chi connectivity index (χ1n) is 8.96. The van der Waals surface area contributed by atoms with Gasteiger partial charge in [0.2, 0.25) is 0 Å². The number of aromatic nitrogens is 5. The number of rotatable bonds is 6. The number of benzene rings is 2. The summed E-state index contributed by atoms with van der Waals surface area (Å²) in [5, 5.41) is 7.90. The molecular weight excluding hydrogens is 392 g/mol. The Balaban J connectivity index is 1.76. The molecule has 4 aromatic rings. The molecule has 2 aromatic carbocycles. The van der Waals surface area contributed by atoms with E-state index in [1.807, 2.05) is 60.7 Å². The van der Waals surface area contributed by atoms with Gasteiger partial charge in [-0.1, -0.05) is 53.7 Å². The standard InChI is InChI=1S/C20H17ClN6O2/c21-11-12-27-20(29)26-14-22-17(18(26)23-24-27)19(28)25(16-9-5-2-6-10-16)13-15-7-3-1-4-8-15/h1-10,14H,11-13H2. The van der Waals surface area contributed by atoms with Crippen molar-refractivity contribution in [2.45, 2.75) is 13.1 Å². The smallest absolute Gasteiger partial charge is 0.302 e. The Bertz CT molecular complexity index is 1190. The molecule has 2 aromatic heterocycles. The normalized spacial score (nSPS) is 10.9. The van der Waals surface area contributed by atoms with E-state index in [0.29, 0.717) is 12.2 Å². The number of para-hydroxylation sites is 1. The molecule has 0 aliphatic carbocycles. The van der Waals surface area contributed by atoms with Crippen LogP contribution in [0, 0.1) is 0 Å². The Morgan fingerprint density at radius 1 is 1.03 bits per heavy atom. The third-order valence-corrected chi connectivity index (χ3v) is 4.58. The monoisotopic (exact) mass is 408 g/mol. The van der Waals surface area contributed by atoms with Gasteiger partial charge in [0, 0.05) is 11.6 Å². The summed E-state index contributed by atoms with van der Waals surface area (Å²) in [6, 6.07) is 18.9. The highest BCUT2D eigenvalue weighted by atomic mass is 35.5. The topological polar surface area (TPSA) is 85.4 Å². The molecule has 0 fully saturated rings.